The van der Waals surface area contributed by atoms with Crippen LogP contribution in [0.25, 0.3) is 5.69 Å². The van der Waals surface area contributed by atoms with E-state index in [1.807, 2.05) is 36.9 Å². The van der Waals surface area contributed by atoms with Crippen molar-refractivity contribution in [3.05, 3.63) is 42.2 Å². The minimum atomic E-state index is 0.458. The van der Waals surface area contributed by atoms with Crippen molar-refractivity contribution in [1.82, 2.24) is 9.55 Å². The Morgan fingerprint density at radius 2 is 2.05 bits per heavy atom. The van der Waals surface area contributed by atoms with Gasteiger partial charge in [-0.05, 0) is 31.7 Å². The fourth-order valence-electron chi connectivity index (χ4n) is 2.03. The highest BCUT2D eigenvalue weighted by Gasteiger charge is 2.11. The molecule has 0 spiro atoms. The molecule has 4 heteroatoms. The average Bonchev–Trinajstić information content (AvgIpc) is 2.80. The molecule has 1 atom stereocenters. The van der Waals surface area contributed by atoms with Crippen LogP contribution in [-0.2, 0) is 0 Å². The van der Waals surface area contributed by atoms with Gasteiger partial charge in [-0.25, -0.2) is 4.98 Å². The first-order chi connectivity index (χ1) is 9.24. The third kappa shape index (κ3) is 3.53. The highest BCUT2D eigenvalue weighted by atomic mass is 32.2. The van der Waals surface area contributed by atoms with Gasteiger partial charge in [0.25, 0.3) is 0 Å². The van der Waals surface area contributed by atoms with E-state index in [1.54, 1.807) is 0 Å². The summed E-state index contributed by atoms with van der Waals surface area (Å²) in [5.74, 6) is 2.03. The van der Waals surface area contributed by atoms with Crippen LogP contribution in [0.15, 0.2) is 36.5 Å². The summed E-state index contributed by atoms with van der Waals surface area (Å²) in [4.78, 5) is 4.60. The maximum atomic E-state index is 4.60. The third-order valence-corrected chi connectivity index (χ3v) is 3.79. The molecule has 1 unspecified atom stereocenters. The molecule has 0 aliphatic rings. The molecule has 1 aromatic heterocycles. The van der Waals surface area contributed by atoms with Crippen LogP contribution in [0.3, 0.4) is 0 Å². The van der Waals surface area contributed by atoms with Crippen LogP contribution in [-0.4, -0.2) is 27.6 Å². The third-order valence-electron chi connectivity index (χ3n) is 3.05. The van der Waals surface area contributed by atoms with Gasteiger partial charge in [0, 0.05) is 23.7 Å². The van der Waals surface area contributed by atoms with E-state index in [2.05, 4.69) is 46.4 Å². The SMILES string of the molecule is CCC(CSC)Nc1nc(C)cn1-c1ccccc1. The molecular weight excluding hydrogens is 254 g/mol. The van der Waals surface area contributed by atoms with E-state index in [0.717, 1.165) is 29.5 Å². The molecule has 0 radical (unpaired) electrons. The average molecular weight is 275 g/mol. The van der Waals surface area contributed by atoms with Crippen molar-refractivity contribution < 1.29 is 0 Å². The lowest BCUT2D eigenvalue weighted by Crippen LogP contribution is -2.23. The first-order valence-electron chi connectivity index (χ1n) is 6.61. The second kappa shape index (κ2) is 6.66. The summed E-state index contributed by atoms with van der Waals surface area (Å²) in [7, 11) is 0. The van der Waals surface area contributed by atoms with E-state index in [9.17, 15) is 0 Å². The summed E-state index contributed by atoms with van der Waals surface area (Å²) in [5.41, 5.74) is 2.18. The molecule has 2 aromatic rings. The summed E-state index contributed by atoms with van der Waals surface area (Å²) < 4.78 is 2.12. The lowest BCUT2D eigenvalue weighted by Gasteiger charge is -2.17. The minimum absolute atomic E-state index is 0.458. The zero-order valence-electron chi connectivity index (χ0n) is 11.8. The van der Waals surface area contributed by atoms with Gasteiger partial charge in [0.05, 0.1) is 5.69 Å². The molecule has 1 aromatic carbocycles. The molecule has 2 rings (SSSR count). The summed E-state index contributed by atoms with van der Waals surface area (Å²) in [6.07, 6.45) is 5.31. The van der Waals surface area contributed by atoms with Crippen molar-refractivity contribution in [2.45, 2.75) is 26.3 Å². The summed E-state index contributed by atoms with van der Waals surface area (Å²) in [5, 5.41) is 3.55. The number of imidazole rings is 1. The van der Waals surface area contributed by atoms with Gasteiger partial charge in [-0.3, -0.25) is 4.57 Å². The van der Waals surface area contributed by atoms with E-state index in [4.69, 9.17) is 0 Å². The van der Waals surface area contributed by atoms with Crippen LogP contribution in [0.5, 0.6) is 0 Å². The van der Waals surface area contributed by atoms with Gasteiger partial charge in [0.1, 0.15) is 0 Å². The number of aromatic nitrogens is 2. The Morgan fingerprint density at radius 3 is 2.68 bits per heavy atom. The van der Waals surface area contributed by atoms with E-state index in [-0.39, 0.29) is 0 Å². The first-order valence-corrected chi connectivity index (χ1v) is 8.01. The molecule has 0 saturated carbocycles. The zero-order valence-corrected chi connectivity index (χ0v) is 12.6. The lowest BCUT2D eigenvalue weighted by molar-refractivity contribution is 0.759. The Kier molecular flexibility index (Phi) is 4.91. The van der Waals surface area contributed by atoms with Gasteiger partial charge in [0.15, 0.2) is 0 Å². The quantitative estimate of drug-likeness (QED) is 0.871. The maximum Gasteiger partial charge on any atom is 0.207 e. The molecule has 1 heterocycles. The monoisotopic (exact) mass is 275 g/mol. The number of thioether (sulfide) groups is 1. The fourth-order valence-corrected chi connectivity index (χ4v) is 2.75. The second-order valence-corrected chi connectivity index (χ2v) is 5.53. The predicted molar refractivity (Wildman–Crippen MR) is 84.4 cm³/mol. The van der Waals surface area contributed by atoms with Crippen molar-refractivity contribution in [2.75, 3.05) is 17.3 Å². The van der Waals surface area contributed by atoms with Crippen molar-refractivity contribution in [3.8, 4) is 5.69 Å². The van der Waals surface area contributed by atoms with E-state index < -0.39 is 0 Å². The Morgan fingerprint density at radius 1 is 1.32 bits per heavy atom. The smallest absolute Gasteiger partial charge is 0.207 e. The molecule has 0 saturated heterocycles. The standard InChI is InChI=1S/C15H21N3S/c1-4-13(11-19-3)17-15-16-12(2)10-18(15)14-8-6-5-7-9-14/h5-10,13H,4,11H2,1-3H3,(H,16,17). The first kappa shape index (κ1) is 14.0. The van der Waals surface area contributed by atoms with E-state index >= 15 is 0 Å². The minimum Gasteiger partial charge on any atom is -0.352 e. The molecule has 0 aliphatic carbocycles. The molecular formula is C15H21N3S. The highest BCUT2D eigenvalue weighted by Crippen LogP contribution is 2.18. The van der Waals surface area contributed by atoms with Crippen molar-refractivity contribution in [2.24, 2.45) is 0 Å². The fraction of sp³-hybridized carbons (Fsp3) is 0.400. The second-order valence-electron chi connectivity index (χ2n) is 4.62. The van der Waals surface area contributed by atoms with Gasteiger partial charge < -0.3 is 5.32 Å². The van der Waals surface area contributed by atoms with Crippen LogP contribution in [0.2, 0.25) is 0 Å². The van der Waals surface area contributed by atoms with Crippen molar-refractivity contribution >= 4 is 17.7 Å². The lowest BCUT2D eigenvalue weighted by atomic mass is 10.2. The molecule has 19 heavy (non-hydrogen) atoms. The zero-order chi connectivity index (χ0) is 13.7. The molecule has 0 aliphatic heterocycles. The normalized spacial score (nSPS) is 12.4. The highest BCUT2D eigenvalue weighted by molar-refractivity contribution is 7.98. The predicted octanol–water partition coefficient (Wildman–Crippen LogP) is 3.73. The molecule has 3 nitrogen and oxygen atoms in total. The van der Waals surface area contributed by atoms with Crippen molar-refractivity contribution in [3.63, 3.8) is 0 Å². The van der Waals surface area contributed by atoms with E-state index in [0.29, 0.717) is 6.04 Å². The Bertz CT molecular complexity index is 507. The van der Waals surface area contributed by atoms with Crippen LogP contribution >= 0.6 is 11.8 Å². The number of nitrogens with zero attached hydrogens (tertiary/aromatic N) is 2. The largest absolute Gasteiger partial charge is 0.352 e. The van der Waals surface area contributed by atoms with Gasteiger partial charge in [-0.1, -0.05) is 25.1 Å². The molecule has 0 bridgehead atoms. The number of aryl methyl sites for hydroxylation is 1. The number of hydrogen-bond donors (Lipinski definition) is 1. The van der Waals surface area contributed by atoms with Gasteiger partial charge in [-0.15, -0.1) is 0 Å². The number of rotatable bonds is 6. The topological polar surface area (TPSA) is 29.9 Å². The maximum absolute atomic E-state index is 4.60. The van der Waals surface area contributed by atoms with Crippen molar-refractivity contribution in [1.29, 1.82) is 0 Å². The molecule has 0 fully saturated rings. The van der Waals surface area contributed by atoms with Gasteiger partial charge in [-0.2, -0.15) is 11.8 Å². The number of para-hydroxylation sites is 1. The van der Waals surface area contributed by atoms with Gasteiger partial charge in [0.2, 0.25) is 5.95 Å². The van der Waals surface area contributed by atoms with Gasteiger partial charge >= 0.3 is 0 Å². The summed E-state index contributed by atoms with van der Waals surface area (Å²) in [6, 6.07) is 10.8. The number of hydrogen-bond acceptors (Lipinski definition) is 3. The van der Waals surface area contributed by atoms with Crippen LogP contribution in [0, 0.1) is 6.92 Å². The number of benzene rings is 1. The van der Waals surface area contributed by atoms with Crippen LogP contribution in [0.1, 0.15) is 19.0 Å². The molecule has 102 valence electrons. The molecule has 1 N–H and O–H groups in total. The van der Waals surface area contributed by atoms with Crippen LogP contribution < -0.4 is 5.32 Å². The number of nitrogens with one attached hydrogen (secondary N) is 1. The Hall–Kier alpha value is -1.42. The van der Waals surface area contributed by atoms with Crippen LogP contribution in [0.4, 0.5) is 5.95 Å². The molecule has 0 amide bonds. The van der Waals surface area contributed by atoms with E-state index in [1.165, 1.54) is 0 Å². The summed E-state index contributed by atoms with van der Waals surface area (Å²) >= 11 is 1.86. The number of anilines is 1. The Labute approximate surface area is 119 Å². The summed E-state index contributed by atoms with van der Waals surface area (Å²) in [6.45, 7) is 4.23. The Balaban J connectivity index is 2.26.